The van der Waals surface area contributed by atoms with Crippen molar-refractivity contribution in [2.24, 2.45) is 0 Å². The van der Waals surface area contributed by atoms with Crippen molar-refractivity contribution in [3.05, 3.63) is 40.6 Å². The summed E-state index contributed by atoms with van der Waals surface area (Å²) in [4.78, 5) is 14.5. The number of nitriles is 1. The van der Waals surface area contributed by atoms with Crippen molar-refractivity contribution >= 4 is 11.6 Å². The van der Waals surface area contributed by atoms with Crippen LogP contribution in [0.25, 0.3) is 0 Å². The number of amides is 1. The summed E-state index contributed by atoms with van der Waals surface area (Å²) in [6.45, 7) is 11.8. The number of hydrogen-bond acceptors (Lipinski definition) is 3. The predicted octanol–water partition coefficient (Wildman–Crippen LogP) is 4.08. The third-order valence-corrected chi connectivity index (χ3v) is 3.61. The van der Waals surface area contributed by atoms with Gasteiger partial charge in [-0.25, -0.2) is 0 Å². The molecule has 0 fully saturated rings. The largest absolute Gasteiger partial charge is 0.376 e. The van der Waals surface area contributed by atoms with Gasteiger partial charge in [0.1, 0.15) is 11.6 Å². The van der Waals surface area contributed by atoms with E-state index in [4.69, 9.17) is 0 Å². The second-order valence-corrected chi connectivity index (χ2v) is 5.92. The van der Waals surface area contributed by atoms with Crippen LogP contribution in [0.2, 0.25) is 0 Å². The zero-order valence-electron chi connectivity index (χ0n) is 14.9. The van der Waals surface area contributed by atoms with Crippen LogP contribution in [0.15, 0.2) is 23.9 Å². The molecular formula is C19H27N3O. The highest BCUT2D eigenvalue weighted by Gasteiger charge is 2.14. The minimum Gasteiger partial charge on any atom is -0.376 e. The van der Waals surface area contributed by atoms with Gasteiger partial charge in [0.15, 0.2) is 0 Å². The van der Waals surface area contributed by atoms with Crippen molar-refractivity contribution in [3.8, 4) is 6.07 Å². The van der Waals surface area contributed by atoms with Crippen LogP contribution in [-0.4, -0.2) is 23.9 Å². The van der Waals surface area contributed by atoms with Crippen LogP contribution >= 0.6 is 0 Å². The Morgan fingerprint density at radius 1 is 1.17 bits per heavy atom. The van der Waals surface area contributed by atoms with Crippen molar-refractivity contribution in [3.63, 3.8) is 0 Å². The lowest BCUT2D eigenvalue weighted by Crippen LogP contribution is -2.23. The first-order valence-corrected chi connectivity index (χ1v) is 8.18. The van der Waals surface area contributed by atoms with Crippen LogP contribution in [0.4, 0.5) is 5.69 Å². The van der Waals surface area contributed by atoms with E-state index in [0.29, 0.717) is 0 Å². The number of aryl methyl sites for hydroxylation is 3. The maximum atomic E-state index is 12.4. The smallest absolute Gasteiger partial charge is 0.267 e. The summed E-state index contributed by atoms with van der Waals surface area (Å²) in [5.74, 6) is -0.347. The Bertz CT molecular complexity index is 597. The van der Waals surface area contributed by atoms with Crippen molar-refractivity contribution in [1.29, 1.82) is 5.26 Å². The van der Waals surface area contributed by atoms with E-state index in [-0.39, 0.29) is 11.5 Å². The fourth-order valence-electron chi connectivity index (χ4n) is 2.69. The summed E-state index contributed by atoms with van der Waals surface area (Å²) in [5.41, 5.74) is 4.11. The molecule has 0 saturated carbocycles. The molecule has 4 nitrogen and oxygen atoms in total. The van der Waals surface area contributed by atoms with Gasteiger partial charge in [0.2, 0.25) is 0 Å². The van der Waals surface area contributed by atoms with E-state index in [1.165, 1.54) is 0 Å². The molecule has 1 N–H and O–H groups in total. The molecule has 0 heterocycles. The van der Waals surface area contributed by atoms with Gasteiger partial charge in [0.25, 0.3) is 5.91 Å². The summed E-state index contributed by atoms with van der Waals surface area (Å²) >= 11 is 0. The first-order valence-electron chi connectivity index (χ1n) is 8.18. The number of carbonyl (C=O) groups excluding carboxylic acids is 1. The average molecular weight is 313 g/mol. The lowest BCUT2D eigenvalue weighted by molar-refractivity contribution is -0.112. The topological polar surface area (TPSA) is 56.1 Å². The van der Waals surface area contributed by atoms with E-state index >= 15 is 0 Å². The highest BCUT2D eigenvalue weighted by molar-refractivity contribution is 6.07. The van der Waals surface area contributed by atoms with Gasteiger partial charge in [0.05, 0.1) is 0 Å². The van der Waals surface area contributed by atoms with Gasteiger partial charge >= 0.3 is 0 Å². The third kappa shape index (κ3) is 5.45. The molecule has 0 atom stereocenters. The number of nitrogens with one attached hydrogen (secondary N) is 1. The normalized spacial score (nSPS) is 11.0. The summed E-state index contributed by atoms with van der Waals surface area (Å²) in [6, 6.07) is 6.08. The summed E-state index contributed by atoms with van der Waals surface area (Å²) in [6.07, 6.45) is 3.64. The standard InChI is InChI=1S/C19H27N3O/c1-6-8-22(9-7-2)13-17(12-20)19(23)21-18-15(4)10-14(3)11-16(18)5/h10-11,13H,6-9H2,1-5H3,(H,21,23)/b17-13-. The lowest BCUT2D eigenvalue weighted by atomic mass is 10.0. The van der Waals surface area contributed by atoms with Crippen molar-refractivity contribution in [2.75, 3.05) is 18.4 Å². The summed E-state index contributed by atoms with van der Waals surface area (Å²) in [5, 5.41) is 12.2. The van der Waals surface area contributed by atoms with Crippen LogP contribution < -0.4 is 5.32 Å². The van der Waals surface area contributed by atoms with Crippen molar-refractivity contribution in [2.45, 2.75) is 47.5 Å². The van der Waals surface area contributed by atoms with Gasteiger partial charge in [-0.15, -0.1) is 0 Å². The van der Waals surface area contributed by atoms with E-state index in [0.717, 1.165) is 48.3 Å². The van der Waals surface area contributed by atoms with E-state index in [2.05, 4.69) is 19.2 Å². The molecule has 0 radical (unpaired) electrons. The highest BCUT2D eigenvalue weighted by Crippen LogP contribution is 2.22. The van der Waals surface area contributed by atoms with Crippen LogP contribution in [-0.2, 0) is 4.79 Å². The number of benzene rings is 1. The average Bonchev–Trinajstić information content (AvgIpc) is 2.48. The van der Waals surface area contributed by atoms with Crippen LogP contribution in [0.5, 0.6) is 0 Å². The van der Waals surface area contributed by atoms with Crippen LogP contribution in [0.3, 0.4) is 0 Å². The van der Waals surface area contributed by atoms with Gasteiger partial charge < -0.3 is 10.2 Å². The molecule has 0 saturated heterocycles. The molecule has 1 aromatic rings. The van der Waals surface area contributed by atoms with E-state index in [1.54, 1.807) is 6.20 Å². The highest BCUT2D eigenvalue weighted by atomic mass is 16.1. The molecule has 23 heavy (non-hydrogen) atoms. The minimum absolute atomic E-state index is 0.145. The maximum Gasteiger partial charge on any atom is 0.267 e. The SMILES string of the molecule is CCCN(/C=C(/C#N)C(=O)Nc1c(C)cc(C)cc1C)CCC. The number of hydrogen-bond donors (Lipinski definition) is 1. The van der Waals surface area contributed by atoms with Crippen molar-refractivity contribution < 1.29 is 4.79 Å². The molecule has 1 amide bonds. The Labute approximate surface area is 139 Å². The molecule has 0 aromatic heterocycles. The van der Waals surface area contributed by atoms with Gasteiger partial charge in [-0.1, -0.05) is 31.5 Å². The fourth-order valence-corrected chi connectivity index (χ4v) is 2.69. The summed E-state index contributed by atoms with van der Waals surface area (Å²) in [7, 11) is 0. The zero-order valence-corrected chi connectivity index (χ0v) is 14.9. The first-order chi connectivity index (χ1) is 10.9. The predicted molar refractivity (Wildman–Crippen MR) is 95.1 cm³/mol. The number of rotatable bonds is 7. The Morgan fingerprint density at radius 2 is 1.70 bits per heavy atom. The number of carbonyl (C=O) groups is 1. The summed E-state index contributed by atoms with van der Waals surface area (Å²) < 4.78 is 0. The fraction of sp³-hybridized carbons (Fsp3) is 0.474. The van der Waals surface area contributed by atoms with Crippen LogP contribution in [0, 0.1) is 32.1 Å². The maximum absolute atomic E-state index is 12.4. The molecule has 0 aliphatic heterocycles. The lowest BCUT2D eigenvalue weighted by Gasteiger charge is -2.19. The van der Waals surface area contributed by atoms with E-state index in [9.17, 15) is 10.1 Å². The molecule has 1 aromatic carbocycles. The molecule has 124 valence electrons. The molecular weight excluding hydrogens is 286 g/mol. The third-order valence-electron chi connectivity index (χ3n) is 3.61. The monoisotopic (exact) mass is 313 g/mol. The number of nitrogens with zero attached hydrogens (tertiary/aromatic N) is 2. The molecule has 1 rings (SSSR count). The Balaban J connectivity index is 3.00. The quantitative estimate of drug-likeness (QED) is 0.609. The Morgan fingerprint density at radius 3 is 2.13 bits per heavy atom. The van der Waals surface area contributed by atoms with E-state index < -0.39 is 0 Å². The van der Waals surface area contributed by atoms with Crippen molar-refractivity contribution in [1.82, 2.24) is 4.90 Å². The van der Waals surface area contributed by atoms with Gasteiger partial charge in [-0.05, 0) is 44.7 Å². The molecule has 0 aliphatic carbocycles. The van der Waals surface area contributed by atoms with E-state index in [1.807, 2.05) is 43.9 Å². The van der Waals surface area contributed by atoms with Crippen LogP contribution in [0.1, 0.15) is 43.4 Å². The number of anilines is 1. The zero-order chi connectivity index (χ0) is 17.4. The molecule has 0 unspecified atom stereocenters. The first kappa shape index (κ1) is 18.8. The molecule has 0 spiro atoms. The molecule has 0 bridgehead atoms. The minimum atomic E-state index is -0.347. The molecule has 0 aliphatic rings. The van der Waals surface area contributed by atoms with Gasteiger partial charge in [0, 0.05) is 25.0 Å². The Kier molecular flexibility index (Phi) is 7.34. The van der Waals surface area contributed by atoms with Gasteiger partial charge in [-0.2, -0.15) is 5.26 Å². The Hall–Kier alpha value is -2.28. The second-order valence-electron chi connectivity index (χ2n) is 5.92. The second kappa shape index (κ2) is 8.99. The van der Waals surface area contributed by atoms with Gasteiger partial charge in [-0.3, -0.25) is 4.79 Å². The molecule has 4 heteroatoms.